The molecule has 0 saturated carbocycles. The predicted octanol–water partition coefficient (Wildman–Crippen LogP) is 0.742. The Morgan fingerprint density at radius 2 is 2.15 bits per heavy atom. The molecule has 0 spiro atoms. The molecule has 0 bridgehead atoms. The van der Waals surface area contributed by atoms with Crippen LogP contribution in [-0.4, -0.2) is 73.6 Å². The van der Waals surface area contributed by atoms with Crippen molar-refractivity contribution in [1.82, 2.24) is 9.88 Å². The van der Waals surface area contributed by atoms with Gasteiger partial charge in [-0.15, -0.1) is 0 Å². The Morgan fingerprint density at radius 1 is 1.33 bits per heavy atom. The highest BCUT2D eigenvalue weighted by atomic mass is 32.2. The molecule has 3 rings (SSSR count). The molecule has 0 aromatic carbocycles. The van der Waals surface area contributed by atoms with Gasteiger partial charge >= 0.3 is 5.97 Å². The van der Waals surface area contributed by atoms with Crippen LogP contribution in [0.5, 0.6) is 0 Å². The number of aryl methyl sites for hydroxylation is 1. The highest BCUT2D eigenvalue weighted by Gasteiger charge is 2.36. The van der Waals surface area contributed by atoms with Crippen molar-refractivity contribution in [3.8, 4) is 0 Å². The average Bonchev–Trinajstić information content (AvgIpc) is 3.27. The van der Waals surface area contributed by atoms with E-state index in [9.17, 15) is 18.0 Å². The molecule has 0 radical (unpaired) electrons. The maximum atomic E-state index is 12.7. The summed E-state index contributed by atoms with van der Waals surface area (Å²) >= 11 is 0. The highest BCUT2D eigenvalue weighted by Crippen LogP contribution is 2.21. The maximum absolute atomic E-state index is 12.7. The summed E-state index contributed by atoms with van der Waals surface area (Å²) < 4.78 is 34.4. The molecular formula is C18H24N2O6S. The van der Waals surface area contributed by atoms with Crippen LogP contribution >= 0.6 is 0 Å². The molecule has 0 aliphatic carbocycles. The van der Waals surface area contributed by atoms with E-state index < -0.39 is 34.4 Å². The van der Waals surface area contributed by atoms with Gasteiger partial charge in [0.05, 0.1) is 23.2 Å². The zero-order valence-electron chi connectivity index (χ0n) is 15.3. The zero-order chi connectivity index (χ0) is 19.4. The number of nitrogens with zero attached hydrogens (tertiary/aromatic N) is 2. The molecular weight excluding hydrogens is 372 g/mol. The molecule has 9 heteroatoms. The van der Waals surface area contributed by atoms with Crippen LogP contribution in [0.15, 0.2) is 18.3 Å². The number of ether oxygens (including phenoxy) is 2. The lowest BCUT2D eigenvalue weighted by Crippen LogP contribution is -2.47. The number of carbonyl (C=O) groups is 2. The monoisotopic (exact) mass is 396 g/mol. The van der Waals surface area contributed by atoms with Crippen molar-refractivity contribution in [2.45, 2.75) is 38.3 Å². The molecule has 2 aliphatic rings. The van der Waals surface area contributed by atoms with Crippen LogP contribution in [0.3, 0.4) is 0 Å². The van der Waals surface area contributed by atoms with Crippen molar-refractivity contribution in [3.05, 3.63) is 29.6 Å². The number of hydrogen-bond acceptors (Lipinski definition) is 7. The first kappa shape index (κ1) is 19.8. The second-order valence-corrected chi connectivity index (χ2v) is 9.23. The van der Waals surface area contributed by atoms with Gasteiger partial charge in [0, 0.05) is 31.1 Å². The second kappa shape index (κ2) is 8.35. The van der Waals surface area contributed by atoms with Gasteiger partial charge in [-0.3, -0.25) is 9.78 Å². The quantitative estimate of drug-likeness (QED) is 0.654. The predicted molar refractivity (Wildman–Crippen MR) is 97.0 cm³/mol. The normalized spacial score (nSPS) is 23.9. The number of esters is 1. The molecule has 2 fully saturated rings. The van der Waals surface area contributed by atoms with E-state index in [2.05, 4.69) is 4.98 Å². The molecule has 2 aliphatic heterocycles. The average molecular weight is 396 g/mol. The number of hydrogen-bond donors (Lipinski definition) is 0. The van der Waals surface area contributed by atoms with Gasteiger partial charge in [0.25, 0.3) is 5.91 Å². The van der Waals surface area contributed by atoms with Crippen LogP contribution in [0.2, 0.25) is 0 Å². The lowest BCUT2D eigenvalue weighted by atomic mass is 10.1. The van der Waals surface area contributed by atoms with Gasteiger partial charge in [-0.25, -0.2) is 13.2 Å². The third-order valence-electron chi connectivity index (χ3n) is 4.87. The molecule has 1 aromatic heterocycles. The largest absolute Gasteiger partial charge is 0.452 e. The Bertz CT molecular complexity index is 787. The Labute approximate surface area is 158 Å². The van der Waals surface area contributed by atoms with E-state index in [1.54, 1.807) is 19.1 Å². The first-order valence-electron chi connectivity index (χ1n) is 9.05. The third kappa shape index (κ3) is 5.26. The van der Waals surface area contributed by atoms with Gasteiger partial charge in [-0.2, -0.15) is 0 Å². The molecule has 148 valence electrons. The SMILES string of the molecule is Cc1ccc(C(=O)OCC(=O)N(CC2CCCO2)C2CCS(=O)(=O)C2)cn1. The summed E-state index contributed by atoms with van der Waals surface area (Å²) in [4.78, 5) is 30.3. The number of aromatic nitrogens is 1. The summed E-state index contributed by atoms with van der Waals surface area (Å²) in [6.45, 7) is 2.33. The number of rotatable bonds is 6. The molecule has 3 heterocycles. The van der Waals surface area contributed by atoms with Crippen LogP contribution in [-0.2, 0) is 24.1 Å². The summed E-state index contributed by atoms with van der Waals surface area (Å²) in [7, 11) is -3.14. The summed E-state index contributed by atoms with van der Waals surface area (Å²) in [6.07, 6.45) is 3.45. The van der Waals surface area contributed by atoms with E-state index in [4.69, 9.17) is 9.47 Å². The summed E-state index contributed by atoms with van der Waals surface area (Å²) in [5.41, 5.74) is 1.04. The number of sulfone groups is 1. The first-order chi connectivity index (χ1) is 12.8. The van der Waals surface area contributed by atoms with Crippen LogP contribution in [0.25, 0.3) is 0 Å². The van der Waals surface area contributed by atoms with Crippen molar-refractivity contribution < 1.29 is 27.5 Å². The topological polar surface area (TPSA) is 103 Å². The van der Waals surface area contributed by atoms with E-state index in [0.29, 0.717) is 19.6 Å². The Balaban J connectivity index is 1.63. The van der Waals surface area contributed by atoms with E-state index >= 15 is 0 Å². The van der Waals surface area contributed by atoms with Crippen molar-refractivity contribution in [1.29, 1.82) is 0 Å². The fourth-order valence-corrected chi connectivity index (χ4v) is 5.10. The fraction of sp³-hybridized carbons (Fsp3) is 0.611. The maximum Gasteiger partial charge on any atom is 0.340 e. The number of pyridine rings is 1. The van der Waals surface area contributed by atoms with Crippen LogP contribution in [0.1, 0.15) is 35.3 Å². The number of carbonyl (C=O) groups excluding carboxylic acids is 2. The van der Waals surface area contributed by atoms with E-state index in [1.807, 2.05) is 0 Å². The fourth-order valence-electron chi connectivity index (χ4n) is 3.37. The highest BCUT2D eigenvalue weighted by molar-refractivity contribution is 7.91. The molecule has 1 amide bonds. The molecule has 2 unspecified atom stereocenters. The lowest BCUT2D eigenvalue weighted by molar-refractivity contribution is -0.138. The summed E-state index contributed by atoms with van der Waals surface area (Å²) in [5, 5.41) is 0. The minimum absolute atomic E-state index is 0.0543. The Hall–Kier alpha value is -2.00. The molecule has 2 saturated heterocycles. The molecule has 27 heavy (non-hydrogen) atoms. The standard InChI is InChI=1S/C18H24N2O6S/c1-13-4-5-14(9-19-13)18(22)26-11-17(21)20(10-16-3-2-7-25-16)15-6-8-27(23,24)12-15/h4-5,9,15-16H,2-3,6-8,10-12H2,1H3. The molecule has 1 aromatic rings. The van der Waals surface area contributed by atoms with Gasteiger partial charge < -0.3 is 14.4 Å². The molecule has 0 N–H and O–H groups in total. The van der Waals surface area contributed by atoms with Gasteiger partial charge in [-0.05, 0) is 38.3 Å². The van der Waals surface area contributed by atoms with Gasteiger partial charge in [-0.1, -0.05) is 0 Å². The molecule has 2 atom stereocenters. The lowest BCUT2D eigenvalue weighted by Gasteiger charge is -2.30. The van der Waals surface area contributed by atoms with Crippen LogP contribution in [0.4, 0.5) is 0 Å². The third-order valence-corrected chi connectivity index (χ3v) is 6.62. The van der Waals surface area contributed by atoms with Crippen molar-refractivity contribution in [2.75, 3.05) is 31.3 Å². The molecule has 8 nitrogen and oxygen atoms in total. The van der Waals surface area contributed by atoms with Gasteiger partial charge in [0.1, 0.15) is 0 Å². The zero-order valence-corrected chi connectivity index (χ0v) is 16.1. The van der Waals surface area contributed by atoms with Crippen molar-refractivity contribution in [3.63, 3.8) is 0 Å². The Kier molecular flexibility index (Phi) is 6.11. The van der Waals surface area contributed by atoms with Crippen LogP contribution < -0.4 is 0 Å². The van der Waals surface area contributed by atoms with E-state index in [0.717, 1.165) is 18.5 Å². The van der Waals surface area contributed by atoms with Crippen LogP contribution in [0, 0.1) is 6.92 Å². The van der Waals surface area contributed by atoms with Crippen molar-refractivity contribution >= 4 is 21.7 Å². The second-order valence-electron chi connectivity index (χ2n) is 7.00. The van der Waals surface area contributed by atoms with Gasteiger partial charge in [0.15, 0.2) is 16.4 Å². The minimum atomic E-state index is -3.14. The van der Waals surface area contributed by atoms with E-state index in [1.165, 1.54) is 11.1 Å². The van der Waals surface area contributed by atoms with E-state index in [-0.39, 0.29) is 23.2 Å². The summed E-state index contributed by atoms with van der Waals surface area (Å²) in [5.74, 6) is -1.02. The summed E-state index contributed by atoms with van der Waals surface area (Å²) in [6, 6.07) is 2.88. The first-order valence-corrected chi connectivity index (χ1v) is 10.9. The number of amides is 1. The van der Waals surface area contributed by atoms with Gasteiger partial charge in [0.2, 0.25) is 0 Å². The Morgan fingerprint density at radius 3 is 2.74 bits per heavy atom. The minimum Gasteiger partial charge on any atom is -0.452 e. The smallest absolute Gasteiger partial charge is 0.340 e. The van der Waals surface area contributed by atoms with Crippen molar-refractivity contribution in [2.24, 2.45) is 0 Å².